The molecule has 0 aliphatic carbocycles. The van der Waals surface area contributed by atoms with E-state index in [1.165, 1.54) is 6.07 Å². The summed E-state index contributed by atoms with van der Waals surface area (Å²) in [7, 11) is -2.02. The molecule has 0 radical (unpaired) electrons. The van der Waals surface area contributed by atoms with Gasteiger partial charge >= 0.3 is 0 Å². The Morgan fingerprint density at radius 3 is 2.29 bits per heavy atom. The van der Waals surface area contributed by atoms with Gasteiger partial charge in [-0.05, 0) is 31.8 Å². The van der Waals surface area contributed by atoms with Gasteiger partial charge in [-0.15, -0.1) is 0 Å². The number of halogens is 2. The van der Waals surface area contributed by atoms with Gasteiger partial charge in [0.15, 0.2) is 17.4 Å². The molecule has 0 spiro atoms. The number of rotatable bonds is 2. The van der Waals surface area contributed by atoms with Crippen molar-refractivity contribution in [1.82, 2.24) is 0 Å². The second-order valence-corrected chi connectivity index (χ2v) is 8.42. The Balaban J connectivity index is 3.13. The van der Waals surface area contributed by atoms with Crippen LogP contribution < -0.4 is 10.2 Å². The van der Waals surface area contributed by atoms with E-state index < -0.39 is 20.0 Å². The zero-order valence-corrected chi connectivity index (χ0v) is 9.40. The standard InChI is InChI=1S/C9H13F2NOSi/c1-14(2,3)13-9-6(10)4-5-7(12)8(9)11/h4-5H,12H2,1-3H3. The Hall–Kier alpha value is -1.10. The molecule has 78 valence electrons. The molecule has 0 unspecified atom stereocenters. The second-order valence-electron chi connectivity index (χ2n) is 3.99. The third-order valence-electron chi connectivity index (χ3n) is 1.49. The van der Waals surface area contributed by atoms with Crippen LogP contribution in [0, 0.1) is 11.6 Å². The Labute approximate surface area is 82.8 Å². The van der Waals surface area contributed by atoms with Crippen molar-refractivity contribution in [3.63, 3.8) is 0 Å². The lowest BCUT2D eigenvalue weighted by atomic mass is 10.3. The van der Waals surface area contributed by atoms with E-state index in [1.54, 1.807) is 0 Å². The summed E-state index contributed by atoms with van der Waals surface area (Å²) in [4.78, 5) is 0. The molecular weight excluding hydrogens is 204 g/mol. The molecule has 0 heterocycles. The summed E-state index contributed by atoms with van der Waals surface area (Å²) in [5, 5.41) is 0. The molecule has 0 bridgehead atoms. The molecule has 0 fully saturated rings. The van der Waals surface area contributed by atoms with Gasteiger partial charge < -0.3 is 10.2 Å². The maximum Gasteiger partial charge on any atom is 0.242 e. The summed E-state index contributed by atoms with van der Waals surface area (Å²) in [6.07, 6.45) is 0. The van der Waals surface area contributed by atoms with Gasteiger partial charge in [0, 0.05) is 0 Å². The third-order valence-corrected chi connectivity index (χ3v) is 2.30. The van der Waals surface area contributed by atoms with Gasteiger partial charge in [0.25, 0.3) is 0 Å². The fraction of sp³-hybridized carbons (Fsp3) is 0.333. The molecule has 1 rings (SSSR count). The van der Waals surface area contributed by atoms with Gasteiger partial charge in [0.1, 0.15) is 0 Å². The Bertz CT molecular complexity index is 349. The van der Waals surface area contributed by atoms with Gasteiger partial charge in [-0.1, -0.05) is 0 Å². The topological polar surface area (TPSA) is 35.2 Å². The van der Waals surface area contributed by atoms with E-state index in [0.29, 0.717) is 0 Å². The van der Waals surface area contributed by atoms with Crippen LogP contribution in [0.3, 0.4) is 0 Å². The minimum Gasteiger partial charge on any atom is -0.540 e. The maximum atomic E-state index is 13.3. The number of benzene rings is 1. The van der Waals surface area contributed by atoms with E-state index in [9.17, 15) is 8.78 Å². The molecule has 2 nitrogen and oxygen atoms in total. The summed E-state index contributed by atoms with van der Waals surface area (Å²) in [5.41, 5.74) is 5.20. The van der Waals surface area contributed by atoms with Crippen molar-refractivity contribution in [2.75, 3.05) is 5.73 Å². The highest BCUT2D eigenvalue weighted by molar-refractivity contribution is 6.70. The molecule has 14 heavy (non-hydrogen) atoms. The fourth-order valence-electron chi connectivity index (χ4n) is 0.947. The lowest BCUT2D eigenvalue weighted by Crippen LogP contribution is -2.30. The Morgan fingerprint density at radius 2 is 1.79 bits per heavy atom. The van der Waals surface area contributed by atoms with Gasteiger partial charge in [-0.2, -0.15) is 0 Å². The first kappa shape index (κ1) is 11.0. The van der Waals surface area contributed by atoms with Crippen molar-refractivity contribution in [2.24, 2.45) is 0 Å². The van der Waals surface area contributed by atoms with E-state index in [2.05, 4.69) is 0 Å². The highest BCUT2D eigenvalue weighted by Crippen LogP contribution is 2.28. The number of anilines is 1. The predicted octanol–water partition coefficient (Wildman–Crippen LogP) is 2.76. The van der Waals surface area contributed by atoms with E-state index in [1.807, 2.05) is 19.6 Å². The van der Waals surface area contributed by atoms with Crippen LogP contribution in [-0.2, 0) is 0 Å². The largest absolute Gasteiger partial charge is 0.540 e. The number of nitrogen functional groups attached to an aromatic ring is 1. The minimum atomic E-state index is -2.02. The Kier molecular flexibility index (Phi) is 2.80. The summed E-state index contributed by atoms with van der Waals surface area (Å²) >= 11 is 0. The highest BCUT2D eigenvalue weighted by Gasteiger charge is 2.22. The predicted molar refractivity (Wildman–Crippen MR) is 54.7 cm³/mol. The fourth-order valence-corrected chi connectivity index (χ4v) is 1.75. The first-order valence-corrected chi connectivity index (χ1v) is 7.64. The third kappa shape index (κ3) is 2.44. The van der Waals surface area contributed by atoms with Crippen LogP contribution in [0.15, 0.2) is 12.1 Å². The van der Waals surface area contributed by atoms with Crippen molar-refractivity contribution in [1.29, 1.82) is 0 Å². The van der Waals surface area contributed by atoms with Gasteiger partial charge in [0.05, 0.1) is 5.69 Å². The van der Waals surface area contributed by atoms with Gasteiger partial charge in [0.2, 0.25) is 8.32 Å². The number of hydrogen-bond acceptors (Lipinski definition) is 2. The normalized spacial score (nSPS) is 11.5. The van der Waals surface area contributed by atoms with E-state index in [4.69, 9.17) is 10.2 Å². The van der Waals surface area contributed by atoms with Crippen LogP contribution in [0.25, 0.3) is 0 Å². The monoisotopic (exact) mass is 217 g/mol. The molecule has 5 heteroatoms. The number of nitrogens with two attached hydrogens (primary N) is 1. The molecule has 0 aliphatic heterocycles. The van der Waals surface area contributed by atoms with Crippen molar-refractivity contribution < 1.29 is 13.2 Å². The van der Waals surface area contributed by atoms with E-state index >= 15 is 0 Å². The highest BCUT2D eigenvalue weighted by atomic mass is 28.4. The molecule has 0 saturated carbocycles. The summed E-state index contributed by atoms with van der Waals surface area (Å²) in [5.74, 6) is -1.88. The van der Waals surface area contributed by atoms with Crippen molar-refractivity contribution in [3.8, 4) is 5.75 Å². The minimum absolute atomic E-state index is 0.0975. The molecule has 2 N–H and O–H groups in total. The van der Waals surface area contributed by atoms with Crippen LogP contribution in [0.2, 0.25) is 19.6 Å². The van der Waals surface area contributed by atoms with Crippen LogP contribution in [0.5, 0.6) is 5.75 Å². The average Bonchev–Trinajstić information content (AvgIpc) is 2.04. The average molecular weight is 217 g/mol. The van der Waals surface area contributed by atoms with Crippen LogP contribution in [0.1, 0.15) is 0 Å². The molecule has 0 aromatic heterocycles. The molecule has 0 amide bonds. The second kappa shape index (κ2) is 3.57. The van der Waals surface area contributed by atoms with Crippen molar-refractivity contribution in [2.45, 2.75) is 19.6 Å². The van der Waals surface area contributed by atoms with E-state index in [-0.39, 0.29) is 11.4 Å². The molecule has 0 saturated heterocycles. The summed E-state index contributed by atoms with van der Waals surface area (Å²) < 4.78 is 31.7. The molecule has 1 aromatic rings. The molecule has 1 aromatic carbocycles. The van der Waals surface area contributed by atoms with Crippen molar-refractivity contribution >= 4 is 14.0 Å². The van der Waals surface area contributed by atoms with Gasteiger partial charge in [-0.3, -0.25) is 0 Å². The van der Waals surface area contributed by atoms with E-state index in [0.717, 1.165) is 6.07 Å². The molecule has 0 aliphatic rings. The number of hydrogen-bond donors (Lipinski definition) is 1. The maximum absolute atomic E-state index is 13.3. The smallest absolute Gasteiger partial charge is 0.242 e. The zero-order chi connectivity index (χ0) is 10.9. The molecule has 0 atom stereocenters. The molecular formula is C9H13F2NOSi. The van der Waals surface area contributed by atoms with Crippen LogP contribution in [0.4, 0.5) is 14.5 Å². The van der Waals surface area contributed by atoms with Crippen molar-refractivity contribution in [3.05, 3.63) is 23.8 Å². The first-order chi connectivity index (χ1) is 6.31. The van der Waals surface area contributed by atoms with Crippen LogP contribution >= 0.6 is 0 Å². The quantitative estimate of drug-likeness (QED) is 0.610. The summed E-state index contributed by atoms with van der Waals surface area (Å²) in [6.45, 7) is 5.53. The first-order valence-electron chi connectivity index (χ1n) is 4.24. The summed E-state index contributed by atoms with van der Waals surface area (Å²) in [6, 6.07) is 2.29. The lowest BCUT2D eigenvalue weighted by Gasteiger charge is -2.20. The zero-order valence-electron chi connectivity index (χ0n) is 8.40. The Morgan fingerprint density at radius 1 is 1.21 bits per heavy atom. The van der Waals surface area contributed by atoms with Crippen LogP contribution in [-0.4, -0.2) is 8.32 Å². The van der Waals surface area contributed by atoms with Gasteiger partial charge in [-0.25, -0.2) is 8.78 Å². The SMILES string of the molecule is C[Si](C)(C)Oc1c(F)ccc(N)c1F. The lowest BCUT2D eigenvalue weighted by molar-refractivity contribution is 0.453.